The van der Waals surface area contributed by atoms with E-state index in [9.17, 15) is 40.3 Å². The predicted octanol–water partition coefficient (Wildman–Crippen LogP) is 5.57. The molecule has 0 spiro atoms. The molecule has 13 heteroatoms. The van der Waals surface area contributed by atoms with Gasteiger partial charge in [0.1, 0.15) is 11.6 Å². The van der Waals surface area contributed by atoms with Gasteiger partial charge in [0.2, 0.25) is 10.0 Å². The van der Waals surface area contributed by atoms with Crippen LogP contribution in [0, 0.1) is 11.6 Å². The Kier molecular flexibility index (Phi) is 10.6. The fraction of sp³-hybridized carbons (Fsp3) is 0.219. The second kappa shape index (κ2) is 14.2. The van der Waals surface area contributed by atoms with Crippen LogP contribution in [0.1, 0.15) is 27.0 Å². The number of rotatable bonds is 12. The number of anilines is 2. The standard InChI is InChI=1S/C32H30F5N3O4S/c1-45(43,44)40(28-17-25(33)16-26(34)18-28)27-12-6-10-23(15-27)31(42)39-29(14-21-7-3-2-4-8-21)30(41)20-38-19-22-9-5-11-24(13-22)32(35,36)37/h2-13,15-18,29-30,38,41H,14,19-20H2,1H3,(H,39,42)/t29-,30+/m0/s1. The number of aliphatic hydroxyl groups is 1. The van der Waals surface area contributed by atoms with Crippen molar-refractivity contribution in [3.8, 4) is 0 Å². The zero-order chi connectivity index (χ0) is 32.8. The maximum Gasteiger partial charge on any atom is 0.416 e. The monoisotopic (exact) mass is 647 g/mol. The Morgan fingerprint density at radius 1 is 0.844 bits per heavy atom. The number of halogens is 5. The number of alkyl halides is 3. The fourth-order valence-electron chi connectivity index (χ4n) is 4.73. The second-order valence-electron chi connectivity index (χ2n) is 10.4. The molecule has 0 saturated carbocycles. The molecule has 7 nitrogen and oxygen atoms in total. The van der Waals surface area contributed by atoms with Crippen molar-refractivity contribution in [3.05, 3.63) is 131 Å². The van der Waals surface area contributed by atoms with E-state index in [4.69, 9.17) is 0 Å². The first-order valence-corrected chi connectivity index (χ1v) is 15.5. The summed E-state index contributed by atoms with van der Waals surface area (Å²) in [5, 5.41) is 16.7. The summed E-state index contributed by atoms with van der Waals surface area (Å²) in [6.07, 6.45) is -4.65. The van der Waals surface area contributed by atoms with Gasteiger partial charge in [0.05, 0.1) is 35.3 Å². The fourth-order valence-corrected chi connectivity index (χ4v) is 5.71. The summed E-state index contributed by atoms with van der Waals surface area (Å²) >= 11 is 0. The Morgan fingerprint density at radius 2 is 1.49 bits per heavy atom. The van der Waals surface area contributed by atoms with Gasteiger partial charge in [-0.15, -0.1) is 0 Å². The Morgan fingerprint density at radius 3 is 2.13 bits per heavy atom. The van der Waals surface area contributed by atoms with Crippen LogP contribution >= 0.6 is 0 Å². The normalized spacial score (nSPS) is 13.2. The van der Waals surface area contributed by atoms with E-state index in [2.05, 4.69) is 10.6 Å². The van der Waals surface area contributed by atoms with E-state index in [1.807, 2.05) is 0 Å². The average Bonchev–Trinajstić information content (AvgIpc) is 2.96. The molecule has 4 rings (SSSR count). The Labute approximate surface area is 257 Å². The predicted molar refractivity (Wildman–Crippen MR) is 160 cm³/mol. The third-order valence-corrected chi connectivity index (χ3v) is 7.86. The highest BCUT2D eigenvalue weighted by molar-refractivity contribution is 7.92. The summed E-state index contributed by atoms with van der Waals surface area (Å²) in [5.41, 5.74) is -0.0261. The van der Waals surface area contributed by atoms with Gasteiger partial charge in [0.15, 0.2) is 0 Å². The summed E-state index contributed by atoms with van der Waals surface area (Å²) in [4.78, 5) is 13.4. The number of sulfonamides is 1. The van der Waals surface area contributed by atoms with Gasteiger partial charge >= 0.3 is 6.18 Å². The van der Waals surface area contributed by atoms with E-state index in [-0.39, 0.29) is 36.4 Å². The van der Waals surface area contributed by atoms with Crippen molar-refractivity contribution in [2.75, 3.05) is 17.1 Å². The number of hydrogen-bond donors (Lipinski definition) is 3. The van der Waals surface area contributed by atoms with Crippen molar-refractivity contribution < 1.29 is 40.3 Å². The molecular weight excluding hydrogens is 617 g/mol. The summed E-state index contributed by atoms with van der Waals surface area (Å²) in [7, 11) is -4.11. The first-order chi connectivity index (χ1) is 21.2. The number of nitrogens with zero attached hydrogens (tertiary/aromatic N) is 1. The third kappa shape index (κ3) is 9.33. The van der Waals surface area contributed by atoms with E-state index in [0.717, 1.165) is 36.1 Å². The van der Waals surface area contributed by atoms with Crippen LogP contribution < -0.4 is 14.9 Å². The quantitative estimate of drug-likeness (QED) is 0.175. The summed E-state index contributed by atoms with van der Waals surface area (Å²) < 4.78 is 93.1. The van der Waals surface area contributed by atoms with Crippen LogP contribution in [0.2, 0.25) is 0 Å². The molecule has 0 aliphatic rings. The number of carbonyl (C=O) groups is 1. The molecule has 0 heterocycles. The van der Waals surface area contributed by atoms with Gasteiger partial charge in [-0.1, -0.05) is 54.6 Å². The molecule has 0 aliphatic heterocycles. The van der Waals surface area contributed by atoms with E-state index >= 15 is 0 Å². The van der Waals surface area contributed by atoms with Gasteiger partial charge in [-0.3, -0.25) is 4.79 Å². The van der Waals surface area contributed by atoms with Gasteiger partial charge in [-0.25, -0.2) is 21.5 Å². The van der Waals surface area contributed by atoms with Gasteiger partial charge in [0.25, 0.3) is 5.91 Å². The second-order valence-corrected chi connectivity index (χ2v) is 12.2. The lowest BCUT2D eigenvalue weighted by molar-refractivity contribution is -0.137. The number of hydrogen-bond acceptors (Lipinski definition) is 5. The zero-order valence-electron chi connectivity index (χ0n) is 23.9. The molecule has 0 radical (unpaired) electrons. The van der Waals surface area contributed by atoms with Crippen molar-refractivity contribution in [2.24, 2.45) is 0 Å². The molecule has 0 fully saturated rings. The van der Waals surface area contributed by atoms with Gasteiger partial charge in [-0.05, 0) is 53.9 Å². The minimum Gasteiger partial charge on any atom is -0.390 e. The van der Waals surface area contributed by atoms with Crippen molar-refractivity contribution in [1.29, 1.82) is 0 Å². The summed E-state index contributed by atoms with van der Waals surface area (Å²) in [6, 6.07) is 20.5. The molecule has 0 saturated heterocycles. The van der Waals surface area contributed by atoms with Crippen molar-refractivity contribution in [1.82, 2.24) is 10.6 Å². The number of aliphatic hydroxyl groups excluding tert-OH is 1. The van der Waals surface area contributed by atoms with E-state index in [0.29, 0.717) is 15.9 Å². The lowest BCUT2D eigenvalue weighted by Crippen LogP contribution is -2.48. The Hall–Kier alpha value is -4.33. The molecular formula is C32H30F5N3O4S. The largest absolute Gasteiger partial charge is 0.416 e. The molecule has 4 aromatic rings. The number of carbonyl (C=O) groups excluding carboxylic acids is 1. The molecule has 2 atom stereocenters. The highest BCUT2D eigenvalue weighted by Crippen LogP contribution is 2.31. The van der Waals surface area contributed by atoms with E-state index in [1.165, 1.54) is 36.4 Å². The number of benzene rings is 4. The van der Waals surface area contributed by atoms with Crippen molar-refractivity contribution in [3.63, 3.8) is 0 Å². The first kappa shape index (κ1) is 33.6. The molecule has 238 valence electrons. The van der Waals surface area contributed by atoms with Crippen molar-refractivity contribution >= 4 is 27.3 Å². The van der Waals surface area contributed by atoms with Crippen LogP contribution in [-0.2, 0) is 29.2 Å². The average molecular weight is 648 g/mol. The van der Waals surface area contributed by atoms with Crippen LogP contribution in [-0.4, -0.2) is 44.4 Å². The minimum absolute atomic E-state index is 0.000196. The summed E-state index contributed by atoms with van der Waals surface area (Å²) in [6.45, 7) is -0.0575. The van der Waals surface area contributed by atoms with E-state index in [1.54, 1.807) is 30.3 Å². The molecule has 1 amide bonds. The Bertz CT molecular complexity index is 1720. The van der Waals surface area contributed by atoms with Crippen LogP contribution in [0.25, 0.3) is 0 Å². The third-order valence-electron chi connectivity index (χ3n) is 6.77. The van der Waals surface area contributed by atoms with Gasteiger partial charge < -0.3 is 15.7 Å². The lowest BCUT2D eigenvalue weighted by atomic mass is 10.00. The van der Waals surface area contributed by atoms with Gasteiger partial charge in [0, 0.05) is 24.7 Å². The molecule has 0 aromatic heterocycles. The SMILES string of the molecule is CS(=O)(=O)N(c1cc(F)cc(F)c1)c1cccc(C(=O)N[C@@H](Cc2ccccc2)[C@H](O)CNCc2cccc(C(F)(F)F)c2)c1. The molecule has 45 heavy (non-hydrogen) atoms. The Balaban J connectivity index is 1.54. The molecule has 0 unspecified atom stereocenters. The summed E-state index contributed by atoms with van der Waals surface area (Å²) in [5.74, 6) is -2.66. The smallest absolute Gasteiger partial charge is 0.390 e. The highest BCUT2D eigenvalue weighted by Gasteiger charge is 2.30. The van der Waals surface area contributed by atoms with Gasteiger partial charge in [-0.2, -0.15) is 13.2 Å². The molecule has 0 bridgehead atoms. The topological polar surface area (TPSA) is 98.7 Å². The van der Waals surface area contributed by atoms with Crippen LogP contribution in [0.4, 0.5) is 33.3 Å². The highest BCUT2D eigenvalue weighted by atomic mass is 32.2. The first-order valence-electron chi connectivity index (χ1n) is 13.7. The van der Waals surface area contributed by atoms with Crippen LogP contribution in [0.5, 0.6) is 0 Å². The molecule has 0 aliphatic carbocycles. The zero-order valence-corrected chi connectivity index (χ0v) is 24.7. The lowest BCUT2D eigenvalue weighted by Gasteiger charge is -2.26. The minimum atomic E-state index is -4.50. The number of nitrogens with one attached hydrogen (secondary N) is 2. The maximum atomic E-state index is 13.9. The maximum absolute atomic E-state index is 13.9. The number of amides is 1. The van der Waals surface area contributed by atoms with Crippen molar-refractivity contribution in [2.45, 2.75) is 31.3 Å². The van der Waals surface area contributed by atoms with Crippen LogP contribution in [0.15, 0.2) is 97.1 Å². The van der Waals surface area contributed by atoms with Crippen LogP contribution in [0.3, 0.4) is 0 Å². The molecule has 3 N–H and O–H groups in total. The molecule has 4 aromatic carbocycles. The van der Waals surface area contributed by atoms with E-state index < -0.39 is 51.5 Å².